The van der Waals surface area contributed by atoms with Gasteiger partial charge in [-0.25, -0.2) is 4.79 Å². The molecule has 1 atom stereocenters. The van der Waals surface area contributed by atoms with Crippen LogP contribution in [0.5, 0.6) is 5.88 Å². The number of carbonyl (C=O) groups excluding carboxylic acids is 1. The Hall–Kier alpha value is -3.95. The van der Waals surface area contributed by atoms with Gasteiger partial charge in [0.05, 0.1) is 30.6 Å². The summed E-state index contributed by atoms with van der Waals surface area (Å²) in [5.41, 5.74) is 9.21. The molecule has 9 nitrogen and oxygen atoms in total. The van der Waals surface area contributed by atoms with E-state index in [4.69, 9.17) is 15.2 Å². The van der Waals surface area contributed by atoms with Gasteiger partial charge in [0.15, 0.2) is 0 Å². The van der Waals surface area contributed by atoms with Gasteiger partial charge in [0, 0.05) is 24.3 Å². The molecule has 4 rings (SSSR count). The van der Waals surface area contributed by atoms with E-state index in [9.17, 15) is 15.2 Å². The first kappa shape index (κ1) is 23.2. The number of nitrogens with two attached hydrogens (primary N) is 1. The van der Waals surface area contributed by atoms with Crippen molar-refractivity contribution in [1.29, 1.82) is 5.26 Å². The fraction of sp³-hybridized carbons (Fsp3) is 0.400. The van der Waals surface area contributed by atoms with Crippen molar-refractivity contribution in [1.82, 2.24) is 15.1 Å². The largest absolute Gasteiger partial charge is 0.453 e. The number of likely N-dealkylation sites (tertiary alicyclic amines) is 1. The first-order chi connectivity index (χ1) is 16.3. The molecule has 0 spiro atoms. The average Bonchev–Trinajstić information content (AvgIpc) is 3.16. The highest BCUT2D eigenvalue weighted by Gasteiger charge is 2.50. The van der Waals surface area contributed by atoms with Gasteiger partial charge in [-0.1, -0.05) is 31.8 Å². The summed E-state index contributed by atoms with van der Waals surface area (Å²) in [4.78, 5) is 13.2. The van der Waals surface area contributed by atoms with Crippen molar-refractivity contribution in [2.24, 2.45) is 17.6 Å². The lowest BCUT2D eigenvalue weighted by molar-refractivity contribution is 0.0833. The second-order valence-electron chi connectivity index (χ2n) is 8.86. The Morgan fingerprint density at radius 3 is 2.79 bits per heavy atom. The number of hydrogen-bond donors (Lipinski definition) is 3. The van der Waals surface area contributed by atoms with Crippen LogP contribution in [0, 0.1) is 41.9 Å². The molecule has 34 heavy (non-hydrogen) atoms. The van der Waals surface area contributed by atoms with Gasteiger partial charge in [0.25, 0.3) is 0 Å². The van der Waals surface area contributed by atoms with Crippen LogP contribution >= 0.6 is 0 Å². The molecular weight excluding hydrogens is 434 g/mol. The maximum Gasteiger partial charge on any atom is 0.409 e. The van der Waals surface area contributed by atoms with E-state index in [0.717, 1.165) is 16.8 Å². The van der Waals surface area contributed by atoms with E-state index in [0.29, 0.717) is 35.7 Å². The molecule has 1 aromatic heterocycles. The number of carbonyl (C=O) groups is 1. The van der Waals surface area contributed by atoms with E-state index < -0.39 is 5.41 Å². The Balaban J connectivity index is 1.84. The number of fused-ring (bicyclic) bond motifs is 1. The Labute approximate surface area is 198 Å². The number of aliphatic hydroxyl groups excluding tert-OH is 1. The minimum atomic E-state index is -0.941. The molecule has 0 saturated carbocycles. The number of nitrogens with zero attached hydrogens (tertiary/aromatic N) is 3. The molecule has 1 unspecified atom stereocenters. The van der Waals surface area contributed by atoms with Crippen LogP contribution in [0.3, 0.4) is 0 Å². The van der Waals surface area contributed by atoms with Gasteiger partial charge in [-0.15, -0.1) is 5.10 Å². The molecule has 4 N–H and O–H groups in total. The van der Waals surface area contributed by atoms with E-state index in [1.807, 2.05) is 39.0 Å². The number of nitriles is 1. The van der Waals surface area contributed by atoms with Crippen LogP contribution in [0.25, 0.3) is 0 Å². The van der Waals surface area contributed by atoms with Crippen molar-refractivity contribution in [3.63, 3.8) is 0 Å². The number of rotatable bonds is 3. The lowest BCUT2D eigenvalue weighted by atomic mass is 9.61. The van der Waals surface area contributed by atoms with Crippen molar-refractivity contribution in [2.75, 3.05) is 20.2 Å². The van der Waals surface area contributed by atoms with E-state index in [1.165, 1.54) is 7.11 Å². The monoisotopic (exact) mass is 461 g/mol. The topological polar surface area (TPSA) is 137 Å². The Morgan fingerprint density at radius 1 is 1.44 bits per heavy atom. The number of allylic oxidation sites excluding steroid dienone is 1. The van der Waals surface area contributed by atoms with Crippen molar-refractivity contribution in [2.45, 2.75) is 32.8 Å². The zero-order chi connectivity index (χ0) is 24.6. The van der Waals surface area contributed by atoms with Crippen molar-refractivity contribution >= 4 is 6.09 Å². The van der Waals surface area contributed by atoms with E-state index in [-0.39, 0.29) is 30.4 Å². The third kappa shape index (κ3) is 3.55. The predicted molar refractivity (Wildman–Crippen MR) is 123 cm³/mol. The van der Waals surface area contributed by atoms with Gasteiger partial charge in [-0.05, 0) is 36.1 Å². The highest BCUT2D eigenvalue weighted by atomic mass is 16.5. The fourth-order valence-electron chi connectivity index (χ4n) is 4.88. The number of aryl methyl sites for hydroxylation is 1. The maximum absolute atomic E-state index is 11.6. The van der Waals surface area contributed by atoms with Gasteiger partial charge in [-0.2, -0.15) is 5.26 Å². The molecule has 0 radical (unpaired) electrons. The molecule has 2 aliphatic rings. The summed E-state index contributed by atoms with van der Waals surface area (Å²) in [6, 6.07) is 7.89. The van der Waals surface area contributed by atoms with Crippen LogP contribution < -0.4 is 10.5 Å². The average molecular weight is 462 g/mol. The summed E-state index contributed by atoms with van der Waals surface area (Å²) < 4.78 is 10.4. The van der Waals surface area contributed by atoms with E-state index in [2.05, 4.69) is 28.1 Å². The number of amides is 1. The first-order valence-electron chi connectivity index (χ1n) is 11.0. The molecule has 176 valence electrons. The lowest BCUT2D eigenvalue weighted by Gasteiger charge is -2.41. The Bertz CT molecular complexity index is 1270. The summed E-state index contributed by atoms with van der Waals surface area (Å²) in [6.45, 7) is 6.73. The molecule has 2 aromatic rings. The number of methoxy groups -OCH3 is 1. The number of aromatic nitrogens is 2. The third-order valence-electron chi connectivity index (χ3n) is 6.50. The molecule has 1 fully saturated rings. The molecule has 9 heteroatoms. The van der Waals surface area contributed by atoms with Crippen LogP contribution in [-0.2, 0) is 16.8 Å². The smallest absolute Gasteiger partial charge is 0.409 e. The molecular formula is C25H27N5O4. The third-order valence-corrected chi connectivity index (χ3v) is 6.50. The molecule has 1 amide bonds. The number of H-pyrrole nitrogens is 1. The van der Waals surface area contributed by atoms with Crippen LogP contribution in [0.2, 0.25) is 0 Å². The van der Waals surface area contributed by atoms with Crippen LogP contribution in [-0.4, -0.2) is 46.5 Å². The van der Waals surface area contributed by atoms with Crippen molar-refractivity contribution < 1.29 is 19.4 Å². The minimum Gasteiger partial charge on any atom is -0.453 e. The minimum absolute atomic E-state index is 0.00889. The second-order valence-corrected chi connectivity index (χ2v) is 8.86. The summed E-state index contributed by atoms with van der Waals surface area (Å²) in [5, 5.41) is 27.4. The first-order valence-corrected chi connectivity index (χ1v) is 11.0. The molecule has 1 saturated heterocycles. The number of ether oxygens (including phenoxy) is 2. The van der Waals surface area contributed by atoms with E-state index in [1.54, 1.807) is 4.90 Å². The highest BCUT2D eigenvalue weighted by Crippen LogP contribution is 2.52. The fourth-order valence-corrected chi connectivity index (χ4v) is 4.88. The van der Waals surface area contributed by atoms with E-state index >= 15 is 0 Å². The van der Waals surface area contributed by atoms with Gasteiger partial charge in [-0.3, -0.25) is 5.10 Å². The summed E-state index contributed by atoms with van der Waals surface area (Å²) in [6.07, 6.45) is -0.360. The van der Waals surface area contributed by atoms with Crippen LogP contribution in [0.15, 0.2) is 29.7 Å². The highest BCUT2D eigenvalue weighted by molar-refractivity contribution is 5.68. The molecule has 1 aromatic carbocycles. The predicted octanol–water partition coefficient (Wildman–Crippen LogP) is 2.29. The summed E-state index contributed by atoms with van der Waals surface area (Å²) in [5.74, 6) is 6.67. The van der Waals surface area contributed by atoms with Gasteiger partial charge >= 0.3 is 6.09 Å². The van der Waals surface area contributed by atoms with Crippen molar-refractivity contribution in [3.05, 3.63) is 57.6 Å². The van der Waals surface area contributed by atoms with Gasteiger partial charge < -0.3 is 25.2 Å². The van der Waals surface area contributed by atoms with Gasteiger partial charge in [0.1, 0.15) is 11.6 Å². The molecule has 3 heterocycles. The zero-order valence-corrected chi connectivity index (χ0v) is 19.6. The SMILES string of the molecule is COC(=O)N1CC(C#Cc2cc(CO)cc(C3(C(C)C)C(C#N)=C(N)Oc4n[nH]c(C)c43)c2)C1. The lowest BCUT2D eigenvalue weighted by Crippen LogP contribution is -2.49. The van der Waals surface area contributed by atoms with Crippen molar-refractivity contribution in [3.8, 4) is 23.8 Å². The number of nitrogens with one attached hydrogen (secondary N) is 1. The van der Waals surface area contributed by atoms with Gasteiger partial charge in [0.2, 0.25) is 11.8 Å². The molecule has 0 bridgehead atoms. The molecule has 2 aliphatic heterocycles. The zero-order valence-electron chi connectivity index (χ0n) is 19.6. The number of aliphatic hydroxyl groups is 1. The number of hydrogen-bond acceptors (Lipinski definition) is 7. The Morgan fingerprint density at radius 2 is 2.18 bits per heavy atom. The summed E-state index contributed by atoms with van der Waals surface area (Å²) >= 11 is 0. The maximum atomic E-state index is 11.6. The number of aromatic amines is 1. The second kappa shape index (κ2) is 8.77. The summed E-state index contributed by atoms with van der Waals surface area (Å²) in [7, 11) is 1.36. The normalized spacial score (nSPS) is 19.5. The van der Waals surface area contributed by atoms with Crippen LogP contribution in [0.1, 0.15) is 41.8 Å². The quantitative estimate of drug-likeness (QED) is 0.596. The van der Waals surface area contributed by atoms with Crippen LogP contribution in [0.4, 0.5) is 4.79 Å². The number of benzene rings is 1. The molecule has 0 aliphatic carbocycles. The standard InChI is InChI=1S/C25H27N5O4/c1-14(2)25(20(10-26)22(27)34-23-21(25)15(3)28-29-23)19-8-16(7-18(9-19)13-31)5-6-17-11-30(12-17)24(32)33-4/h7-9,14,17,31H,11-13,27H2,1-4H3,(H,28,29). The Kier molecular flexibility index (Phi) is 5.99.